The number of carbonyl (C=O) groups is 1. The van der Waals surface area contributed by atoms with E-state index < -0.39 is 22.0 Å². The molecule has 4 rings (SSSR count). The Morgan fingerprint density at radius 3 is 2.43 bits per heavy atom. The SMILES string of the molecule is COc1ccc(S(=O)(=O)N2C[C@@H](C(=O)NCCOc3cccc(OC)c3)Oc3ccccc32)cc1. The summed E-state index contributed by atoms with van der Waals surface area (Å²) in [7, 11) is -0.878. The minimum Gasteiger partial charge on any atom is -0.497 e. The smallest absolute Gasteiger partial charge is 0.264 e. The number of benzene rings is 3. The molecule has 9 nitrogen and oxygen atoms in total. The number of ether oxygens (including phenoxy) is 4. The van der Waals surface area contributed by atoms with Gasteiger partial charge in [0.2, 0.25) is 0 Å². The molecule has 1 aliphatic rings. The molecule has 0 aliphatic carbocycles. The number of rotatable bonds is 9. The molecule has 1 N–H and O–H groups in total. The fraction of sp³-hybridized carbons (Fsp3) is 0.240. The third-order valence-electron chi connectivity index (χ3n) is 5.39. The lowest BCUT2D eigenvalue weighted by atomic mass is 10.2. The van der Waals surface area contributed by atoms with E-state index in [2.05, 4.69) is 5.32 Å². The van der Waals surface area contributed by atoms with Crippen LogP contribution < -0.4 is 28.6 Å². The Bertz CT molecular complexity index is 1280. The number of carbonyl (C=O) groups excluding carboxylic acids is 1. The van der Waals surface area contributed by atoms with E-state index in [9.17, 15) is 13.2 Å². The largest absolute Gasteiger partial charge is 0.497 e. The Kier molecular flexibility index (Phi) is 7.31. The standard InChI is InChI=1S/C25H26N2O7S/c1-31-18-10-12-21(13-11-18)35(29,30)27-17-24(34-23-9-4-3-8-22(23)27)25(28)26-14-15-33-20-7-5-6-19(16-20)32-2/h3-13,16,24H,14-15,17H2,1-2H3,(H,26,28)/t24-/m0/s1. The van der Waals surface area contributed by atoms with Crippen LogP contribution in [0.25, 0.3) is 0 Å². The summed E-state index contributed by atoms with van der Waals surface area (Å²) < 4.78 is 49.9. The van der Waals surface area contributed by atoms with Crippen LogP contribution in [0.4, 0.5) is 5.69 Å². The highest BCUT2D eigenvalue weighted by atomic mass is 32.2. The van der Waals surface area contributed by atoms with Crippen LogP contribution in [0.2, 0.25) is 0 Å². The molecule has 35 heavy (non-hydrogen) atoms. The highest BCUT2D eigenvalue weighted by Crippen LogP contribution is 2.37. The maximum absolute atomic E-state index is 13.5. The van der Waals surface area contributed by atoms with Crippen molar-refractivity contribution in [2.75, 3.05) is 38.2 Å². The maximum Gasteiger partial charge on any atom is 0.264 e. The monoisotopic (exact) mass is 498 g/mol. The van der Waals surface area contributed by atoms with E-state index in [1.54, 1.807) is 67.8 Å². The van der Waals surface area contributed by atoms with Crippen LogP contribution in [0.3, 0.4) is 0 Å². The van der Waals surface area contributed by atoms with Crippen LogP contribution in [-0.4, -0.2) is 54.3 Å². The van der Waals surface area contributed by atoms with Gasteiger partial charge in [0.1, 0.15) is 29.6 Å². The zero-order valence-corrected chi connectivity index (χ0v) is 20.2. The zero-order chi connectivity index (χ0) is 24.8. The Hall–Kier alpha value is -3.92. The minimum atomic E-state index is -3.95. The van der Waals surface area contributed by atoms with Crippen LogP contribution in [0.1, 0.15) is 0 Å². The predicted octanol–water partition coefficient (Wildman–Crippen LogP) is 2.86. The lowest BCUT2D eigenvalue weighted by Crippen LogP contribution is -2.51. The quantitative estimate of drug-likeness (QED) is 0.453. The summed E-state index contributed by atoms with van der Waals surface area (Å²) in [5.74, 6) is 1.68. The van der Waals surface area contributed by atoms with Gasteiger partial charge in [-0.2, -0.15) is 0 Å². The van der Waals surface area contributed by atoms with Crippen molar-refractivity contribution in [1.29, 1.82) is 0 Å². The summed E-state index contributed by atoms with van der Waals surface area (Å²) in [5, 5.41) is 2.75. The van der Waals surface area contributed by atoms with Gasteiger partial charge >= 0.3 is 0 Å². The van der Waals surface area contributed by atoms with Crippen molar-refractivity contribution in [2.45, 2.75) is 11.0 Å². The van der Waals surface area contributed by atoms with Crippen LogP contribution in [0, 0.1) is 0 Å². The molecule has 0 saturated heterocycles. The second-order valence-electron chi connectivity index (χ2n) is 7.60. The summed E-state index contributed by atoms with van der Waals surface area (Å²) in [6.07, 6.45) is -1.03. The molecule has 0 fully saturated rings. The number of anilines is 1. The molecule has 0 bridgehead atoms. The van der Waals surface area contributed by atoms with Gasteiger partial charge in [-0.1, -0.05) is 18.2 Å². The second-order valence-corrected chi connectivity index (χ2v) is 9.47. The van der Waals surface area contributed by atoms with Gasteiger partial charge in [-0.15, -0.1) is 0 Å². The Morgan fingerprint density at radius 1 is 0.971 bits per heavy atom. The first-order valence-corrected chi connectivity index (χ1v) is 12.3. The number of para-hydroxylation sites is 2. The molecule has 1 atom stereocenters. The number of methoxy groups -OCH3 is 2. The third kappa shape index (κ3) is 5.43. The van der Waals surface area contributed by atoms with Crippen molar-refractivity contribution in [3.8, 4) is 23.0 Å². The summed E-state index contributed by atoms with van der Waals surface area (Å²) in [6.45, 7) is 0.257. The van der Waals surface area contributed by atoms with Gasteiger partial charge in [-0.25, -0.2) is 8.42 Å². The molecule has 1 amide bonds. The number of nitrogens with one attached hydrogen (secondary N) is 1. The molecular weight excluding hydrogens is 472 g/mol. The highest BCUT2D eigenvalue weighted by molar-refractivity contribution is 7.92. The van der Waals surface area contributed by atoms with E-state index in [-0.39, 0.29) is 24.6 Å². The number of sulfonamides is 1. The van der Waals surface area contributed by atoms with Crippen molar-refractivity contribution in [2.24, 2.45) is 0 Å². The number of hydrogen-bond acceptors (Lipinski definition) is 7. The van der Waals surface area contributed by atoms with Crippen molar-refractivity contribution >= 4 is 21.6 Å². The van der Waals surface area contributed by atoms with E-state index in [1.807, 2.05) is 0 Å². The average molecular weight is 499 g/mol. The second kappa shape index (κ2) is 10.6. The first-order valence-electron chi connectivity index (χ1n) is 10.9. The number of hydrogen-bond donors (Lipinski definition) is 1. The molecule has 0 aromatic heterocycles. The third-order valence-corrected chi connectivity index (χ3v) is 7.18. The lowest BCUT2D eigenvalue weighted by molar-refractivity contribution is -0.127. The minimum absolute atomic E-state index is 0.0841. The molecule has 1 aliphatic heterocycles. The molecule has 0 spiro atoms. The van der Waals surface area contributed by atoms with Gasteiger partial charge in [0.15, 0.2) is 6.10 Å². The van der Waals surface area contributed by atoms with Crippen LogP contribution in [0.5, 0.6) is 23.0 Å². The Morgan fingerprint density at radius 2 is 1.69 bits per heavy atom. The van der Waals surface area contributed by atoms with Gasteiger partial charge < -0.3 is 24.3 Å². The van der Waals surface area contributed by atoms with Gasteiger partial charge in [0, 0.05) is 6.07 Å². The zero-order valence-electron chi connectivity index (χ0n) is 19.3. The van der Waals surface area contributed by atoms with E-state index in [0.29, 0.717) is 28.7 Å². The van der Waals surface area contributed by atoms with E-state index in [1.165, 1.54) is 23.5 Å². The van der Waals surface area contributed by atoms with E-state index >= 15 is 0 Å². The topological polar surface area (TPSA) is 103 Å². The van der Waals surface area contributed by atoms with Crippen LogP contribution >= 0.6 is 0 Å². The van der Waals surface area contributed by atoms with Crippen LogP contribution in [-0.2, 0) is 14.8 Å². The molecule has 0 saturated carbocycles. The lowest BCUT2D eigenvalue weighted by Gasteiger charge is -2.34. The van der Waals surface area contributed by atoms with Crippen molar-refractivity contribution < 1.29 is 32.2 Å². The molecule has 1 heterocycles. The number of fused-ring (bicyclic) bond motifs is 1. The Balaban J connectivity index is 1.45. The number of amides is 1. The van der Waals surface area contributed by atoms with Gasteiger partial charge in [0.25, 0.3) is 15.9 Å². The molecule has 184 valence electrons. The summed E-state index contributed by atoms with van der Waals surface area (Å²) in [6, 6.07) is 19.9. The van der Waals surface area contributed by atoms with Crippen molar-refractivity contribution in [1.82, 2.24) is 5.32 Å². The van der Waals surface area contributed by atoms with Gasteiger partial charge in [0.05, 0.1) is 37.9 Å². The molecule has 10 heteroatoms. The van der Waals surface area contributed by atoms with Crippen LogP contribution in [0.15, 0.2) is 77.7 Å². The average Bonchev–Trinajstić information content (AvgIpc) is 2.90. The summed E-state index contributed by atoms with van der Waals surface area (Å²) in [5.41, 5.74) is 0.369. The molecule has 3 aromatic carbocycles. The fourth-order valence-electron chi connectivity index (χ4n) is 3.59. The Labute approximate surface area is 204 Å². The van der Waals surface area contributed by atoms with E-state index in [0.717, 1.165) is 0 Å². The van der Waals surface area contributed by atoms with Gasteiger partial charge in [-0.3, -0.25) is 9.10 Å². The van der Waals surface area contributed by atoms with Crippen molar-refractivity contribution in [3.63, 3.8) is 0 Å². The fourth-order valence-corrected chi connectivity index (χ4v) is 5.07. The maximum atomic E-state index is 13.5. The predicted molar refractivity (Wildman–Crippen MR) is 130 cm³/mol. The molecule has 3 aromatic rings. The van der Waals surface area contributed by atoms with E-state index in [4.69, 9.17) is 18.9 Å². The molecule has 0 radical (unpaired) electrons. The molecule has 0 unspecified atom stereocenters. The van der Waals surface area contributed by atoms with Gasteiger partial charge in [-0.05, 0) is 48.5 Å². The molecular formula is C25H26N2O7S. The number of nitrogens with zero attached hydrogens (tertiary/aromatic N) is 1. The first kappa shape index (κ1) is 24.2. The van der Waals surface area contributed by atoms with Crippen molar-refractivity contribution in [3.05, 3.63) is 72.8 Å². The normalized spacial score (nSPS) is 14.9. The summed E-state index contributed by atoms with van der Waals surface area (Å²) >= 11 is 0. The highest BCUT2D eigenvalue weighted by Gasteiger charge is 2.37. The summed E-state index contributed by atoms with van der Waals surface area (Å²) in [4.78, 5) is 12.9. The first-order chi connectivity index (χ1) is 16.9.